The van der Waals surface area contributed by atoms with Gasteiger partial charge < -0.3 is 5.21 Å². The maximum Gasteiger partial charge on any atom is 0.0353 e. The van der Waals surface area contributed by atoms with Crippen LogP contribution in [0.25, 0.3) is 0 Å². The molecule has 2 saturated carbocycles. The Morgan fingerprint density at radius 2 is 1.30 bits per heavy atom. The second-order valence-corrected chi connectivity index (χ2v) is 3.55. The Morgan fingerprint density at radius 3 is 1.50 bits per heavy atom. The van der Waals surface area contributed by atoms with Gasteiger partial charge in [0, 0.05) is 12.1 Å². The van der Waals surface area contributed by atoms with Gasteiger partial charge in [-0.15, -0.1) is 0 Å². The Labute approximate surface area is 61.8 Å². The molecule has 0 aromatic rings. The predicted molar refractivity (Wildman–Crippen MR) is 38.9 cm³/mol. The monoisotopic (exact) mass is 141 g/mol. The lowest BCUT2D eigenvalue weighted by atomic mass is 9.86. The molecule has 2 aliphatic carbocycles. The number of hydrogen-bond donors (Lipinski definition) is 1. The Balaban J connectivity index is 1.79. The van der Waals surface area contributed by atoms with Crippen molar-refractivity contribution in [1.29, 1.82) is 0 Å². The second kappa shape index (κ2) is 2.51. The summed E-state index contributed by atoms with van der Waals surface area (Å²) in [6, 6.07) is 1.04. The van der Waals surface area contributed by atoms with Crippen LogP contribution in [0.1, 0.15) is 38.5 Å². The standard InChI is InChI=1S/C8H15NO/c10-9(7-3-1-4-7)8-5-2-6-8/h7-8,10H,1-6H2. The van der Waals surface area contributed by atoms with Gasteiger partial charge >= 0.3 is 0 Å². The molecule has 1 N–H and O–H groups in total. The molecular weight excluding hydrogens is 126 g/mol. The minimum absolute atomic E-state index is 0.519. The molecule has 10 heavy (non-hydrogen) atoms. The molecule has 2 fully saturated rings. The third kappa shape index (κ3) is 0.956. The first-order valence-corrected chi connectivity index (χ1v) is 4.35. The van der Waals surface area contributed by atoms with Crippen LogP contribution in [0.4, 0.5) is 0 Å². The van der Waals surface area contributed by atoms with Crippen molar-refractivity contribution in [3.05, 3.63) is 0 Å². The highest BCUT2D eigenvalue weighted by Gasteiger charge is 2.32. The first-order valence-electron chi connectivity index (χ1n) is 4.35. The van der Waals surface area contributed by atoms with Gasteiger partial charge in [-0.3, -0.25) is 0 Å². The summed E-state index contributed by atoms with van der Waals surface area (Å²) in [7, 11) is 0. The summed E-state index contributed by atoms with van der Waals surface area (Å²) in [5.41, 5.74) is 0. The molecule has 0 bridgehead atoms. The molecule has 2 aliphatic rings. The molecule has 2 rings (SSSR count). The van der Waals surface area contributed by atoms with Gasteiger partial charge in [0.05, 0.1) is 0 Å². The van der Waals surface area contributed by atoms with E-state index in [4.69, 9.17) is 0 Å². The van der Waals surface area contributed by atoms with Gasteiger partial charge in [0.15, 0.2) is 0 Å². The zero-order valence-corrected chi connectivity index (χ0v) is 6.29. The second-order valence-electron chi connectivity index (χ2n) is 3.55. The molecule has 0 radical (unpaired) electrons. The van der Waals surface area contributed by atoms with E-state index in [1.807, 2.05) is 0 Å². The average Bonchev–Trinajstić information content (AvgIpc) is 1.52. The van der Waals surface area contributed by atoms with Gasteiger partial charge in [-0.05, 0) is 25.7 Å². The van der Waals surface area contributed by atoms with Crippen molar-refractivity contribution < 1.29 is 5.21 Å². The van der Waals surface area contributed by atoms with Crippen LogP contribution in [-0.2, 0) is 0 Å². The van der Waals surface area contributed by atoms with Crippen LogP contribution in [-0.4, -0.2) is 22.4 Å². The summed E-state index contributed by atoms with van der Waals surface area (Å²) in [6.45, 7) is 0. The number of rotatable bonds is 2. The van der Waals surface area contributed by atoms with Crippen molar-refractivity contribution >= 4 is 0 Å². The molecule has 0 heterocycles. The molecule has 0 amide bonds. The lowest BCUT2D eigenvalue weighted by molar-refractivity contribution is -0.193. The van der Waals surface area contributed by atoms with Crippen LogP contribution in [0.5, 0.6) is 0 Å². The van der Waals surface area contributed by atoms with Gasteiger partial charge in [0.1, 0.15) is 0 Å². The molecule has 0 spiro atoms. The van der Waals surface area contributed by atoms with Crippen molar-refractivity contribution in [3.63, 3.8) is 0 Å². The van der Waals surface area contributed by atoms with E-state index in [9.17, 15) is 5.21 Å². The van der Waals surface area contributed by atoms with Gasteiger partial charge in [0.2, 0.25) is 0 Å². The molecule has 0 saturated heterocycles. The van der Waals surface area contributed by atoms with E-state index in [0.717, 1.165) is 0 Å². The summed E-state index contributed by atoms with van der Waals surface area (Å²) >= 11 is 0. The van der Waals surface area contributed by atoms with Crippen molar-refractivity contribution in [2.75, 3.05) is 0 Å². The molecular formula is C8H15NO. The lowest BCUT2D eigenvalue weighted by Gasteiger charge is -2.41. The highest BCUT2D eigenvalue weighted by atomic mass is 16.5. The first-order chi connectivity index (χ1) is 4.88. The quantitative estimate of drug-likeness (QED) is 0.592. The van der Waals surface area contributed by atoms with Crippen LogP contribution >= 0.6 is 0 Å². The maximum absolute atomic E-state index is 9.52. The van der Waals surface area contributed by atoms with E-state index in [0.29, 0.717) is 12.1 Å². The fraction of sp³-hybridized carbons (Fsp3) is 1.00. The van der Waals surface area contributed by atoms with E-state index in [1.165, 1.54) is 38.5 Å². The smallest absolute Gasteiger partial charge is 0.0353 e. The molecule has 0 unspecified atom stereocenters. The largest absolute Gasteiger partial charge is 0.313 e. The molecule has 2 nitrogen and oxygen atoms in total. The summed E-state index contributed by atoms with van der Waals surface area (Å²) in [6.07, 6.45) is 7.49. The summed E-state index contributed by atoms with van der Waals surface area (Å²) in [5.74, 6) is 0. The number of hydrogen-bond acceptors (Lipinski definition) is 2. The van der Waals surface area contributed by atoms with Gasteiger partial charge in [0.25, 0.3) is 0 Å². The summed E-state index contributed by atoms with van der Waals surface area (Å²) < 4.78 is 0. The van der Waals surface area contributed by atoms with Gasteiger partial charge in [-0.2, -0.15) is 5.06 Å². The molecule has 58 valence electrons. The van der Waals surface area contributed by atoms with Crippen molar-refractivity contribution in [1.82, 2.24) is 5.06 Å². The first kappa shape index (κ1) is 6.62. The van der Waals surface area contributed by atoms with Crippen LogP contribution < -0.4 is 0 Å². The zero-order chi connectivity index (χ0) is 6.97. The molecule has 2 heteroatoms. The topological polar surface area (TPSA) is 23.5 Å². The lowest BCUT2D eigenvalue weighted by Crippen LogP contribution is -2.47. The van der Waals surface area contributed by atoms with Crippen LogP contribution in [0.2, 0.25) is 0 Å². The fourth-order valence-electron chi connectivity index (χ4n) is 1.60. The van der Waals surface area contributed by atoms with Gasteiger partial charge in [-0.25, -0.2) is 0 Å². The van der Waals surface area contributed by atoms with Crippen molar-refractivity contribution in [2.45, 2.75) is 50.6 Å². The van der Waals surface area contributed by atoms with E-state index < -0.39 is 0 Å². The third-order valence-electron chi connectivity index (χ3n) is 2.90. The molecule has 0 atom stereocenters. The fourth-order valence-corrected chi connectivity index (χ4v) is 1.60. The molecule has 0 aliphatic heterocycles. The number of nitrogens with zero attached hydrogens (tertiary/aromatic N) is 1. The third-order valence-corrected chi connectivity index (χ3v) is 2.90. The van der Waals surface area contributed by atoms with E-state index in [2.05, 4.69) is 0 Å². The van der Waals surface area contributed by atoms with E-state index in [1.54, 1.807) is 5.06 Å². The van der Waals surface area contributed by atoms with Crippen LogP contribution in [0, 0.1) is 0 Å². The molecule has 0 aromatic heterocycles. The highest BCUT2D eigenvalue weighted by Crippen LogP contribution is 2.31. The van der Waals surface area contributed by atoms with Crippen LogP contribution in [0.15, 0.2) is 0 Å². The highest BCUT2D eigenvalue weighted by molar-refractivity contribution is 4.83. The van der Waals surface area contributed by atoms with Crippen molar-refractivity contribution in [2.24, 2.45) is 0 Å². The predicted octanol–water partition coefficient (Wildman–Crippen LogP) is 1.78. The Kier molecular flexibility index (Phi) is 1.66. The number of hydroxylamine groups is 2. The van der Waals surface area contributed by atoms with Crippen LogP contribution in [0.3, 0.4) is 0 Å². The Bertz CT molecular complexity index is 104. The minimum atomic E-state index is 0.519. The summed E-state index contributed by atoms with van der Waals surface area (Å²) in [5, 5.41) is 11.1. The summed E-state index contributed by atoms with van der Waals surface area (Å²) in [4.78, 5) is 0. The SMILES string of the molecule is ON(C1CCC1)C1CCC1. The van der Waals surface area contributed by atoms with Crippen molar-refractivity contribution in [3.8, 4) is 0 Å². The molecule has 0 aromatic carbocycles. The van der Waals surface area contributed by atoms with Gasteiger partial charge in [-0.1, -0.05) is 12.8 Å². The zero-order valence-electron chi connectivity index (χ0n) is 6.29. The maximum atomic E-state index is 9.52. The Morgan fingerprint density at radius 1 is 0.900 bits per heavy atom. The average molecular weight is 141 g/mol. The minimum Gasteiger partial charge on any atom is -0.313 e. The van der Waals surface area contributed by atoms with E-state index in [-0.39, 0.29) is 0 Å². The van der Waals surface area contributed by atoms with E-state index >= 15 is 0 Å². The Hall–Kier alpha value is -0.0800. The normalized spacial score (nSPS) is 28.2.